The van der Waals surface area contributed by atoms with Gasteiger partial charge in [-0.25, -0.2) is 9.97 Å². The minimum absolute atomic E-state index is 0.109. The second kappa shape index (κ2) is 6.91. The minimum atomic E-state index is -0.966. The molecule has 23 heavy (non-hydrogen) atoms. The number of carboxylic acids is 1. The lowest BCUT2D eigenvalue weighted by molar-refractivity contribution is -0.153. The molecule has 0 aliphatic carbocycles. The first-order valence-corrected chi connectivity index (χ1v) is 7.50. The van der Waals surface area contributed by atoms with E-state index in [2.05, 4.69) is 9.97 Å². The second-order valence-electron chi connectivity index (χ2n) is 5.89. The molecule has 0 bridgehead atoms. The molecule has 2 heterocycles. The van der Waals surface area contributed by atoms with Gasteiger partial charge in [-0.05, 0) is 26.2 Å². The summed E-state index contributed by atoms with van der Waals surface area (Å²) in [5.41, 5.74) is 5.38. The first-order chi connectivity index (χ1) is 10.9. The standard InChI is InChI=1S/C15H22N4O4/c1-10-11(8-17-14(16)18-10)12(20)19-6-3-4-15(9-19,13(21)22)5-7-23-2/h8H,3-7,9H2,1-2H3,(H,21,22)(H2,16,17,18)/t15-/m1/s1. The SMILES string of the molecule is COCC[C@]1(C(=O)O)CCCN(C(=O)c2cnc(N)nc2C)C1. The number of nitrogens with two attached hydrogens (primary N) is 1. The van der Waals surface area contributed by atoms with Crippen molar-refractivity contribution in [3.8, 4) is 0 Å². The molecule has 0 saturated carbocycles. The smallest absolute Gasteiger partial charge is 0.311 e. The molecule has 126 valence electrons. The van der Waals surface area contributed by atoms with Crippen molar-refractivity contribution in [3.63, 3.8) is 0 Å². The highest BCUT2D eigenvalue weighted by Crippen LogP contribution is 2.34. The van der Waals surface area contributed by atoms with E-state index in [1.807, 2.05) is 0 Å². The zero-order valence-electron chi connectivity index (χ0n) is 13.4. The molecule has 8 nitrogen and oxygen atoms in total. The fraction of sp³-hybridized carbons (Fsp3) is 0.600. The molecule has 1 fully saturated rings. The summed E-state index contributed by atoms with van der Waals surface area (Å²) in [6.07, 6.45) is 2.94. The van der Waals surface area contributed by atoms with Crippen LogP contribution in [-0.2, 0) is 9.53 Å². The van der Waals surface area contributed by atoms with Crippen LogP contribution in [-0.4, -0.2) is 58.7 Å². The first kappa shape index (κ1) is 17.1. The lowest BCUT2D eigenvalue weighted by Gasteiger charge is -2.40. The zero-order valence-corrected chi connectivity index (χ0v) is 13.4. The van der Waals surface area contributed by atoms with Gasteiger partial charge in [0.25, 0.3) is 5.91 Å². The summed E-state index contributed by atoms with van der Waals surface area (Å²) in [5.74, 6) is -1.04. The number of carbonyl (C=O) groups is 2. The molecule has 0 spiro atoms. The Bertz CT molecular complexity index is 607. The third kappa shape index (κ3) is 3.58. The normalized spacial score (nSPS) is 21.2. The van der Waals surface area contributed by atoms with Crippen LogP contribution in [0.4, 0.5) is 5.95 Å². The van der Waals surface area contributed by atoms with E-state index in [4.69, 9.17) is 10.5 Å². The largest absolute Gasteiger partial charge is 0.481 e. The lowest BCUT2D eigenvalue weighted by atomic mass is 9.77. The van der Waals surface area contributed by atoms with Gasteiger partial charge < -0.3 is 20.5 Å². The molecule has 3 N–H and O–H groups in total. The number of carbonyl (C=O) groups excluding carboxylic acids is 1. The molecule has 1 amide bonds. The summed E-state index contributed by atoms with van der Waals surface area (Å²) in [4.78, 5) is 33.9. The zero-order chi connectivity index (χ0) is 17.0. The van der Waals surface area contributed by atoms with E-state index in [1.165, 1.54) is 13.3 Å². The third-order valence-corrected chi connectivity index (χ3v) is 4.33. The van der Waals surface area contributed by atoms with E-state index in [9.17, 15) is 14.7 Å². The number of ether oxygens (including phenoxy) is 1. The number of carboxylic acid groups (broad SMARTS) is 1. The molecule has 1 atom stereocenters. The van der Waals surface area contributed by atoms with Crippen LogP contribution in [0.1, 0.15) is 35.3 Å². The number of piperidine rings is 1. The molecule has 8 heteroatoms. The van der Waals surface area contributed by atoms with Crippen LogP contribution in [0.2, 0.25) is 0 Å². The maximum atomic E-state index is 12.7. The van der Waals surface area contributed by atoms with Crippen molar-refractivity contribution < 1.29 is 19.4 Å². The monoisotopic (exact) mass is 322 g/mol. The van der Waals surface area contributed by atoms with Crippen molar-refractivity contribution in [2.45, 2.75) is 26.2 Å². The van der Waals surface area contributed by atoms with Crippen LogP contribution in [0, 0.1) is 12.3 Å². The average Bonchev–Trinajstić information content (AvgIpc) is 2.52. The number of likely N-dealkylation sites (tertiary alicyclic amines) is 1. The Labute approximate surface area is 134 Å². The fourth-order valence-corrected chi connectivity index (χ4v) is 2.95. The van der Waals surface area contributed by atoms with E-state index in [-0.39, 0.29) is 18.4 Å². The van der Waals surface area contributed by atoms with E-state index in [0.717, 1.165) is 0 Å². The van der Waals surface area contributed by atoms with Crippen LogP contribution >= 0.6 is 0 Å². The number of methoxy groups -OCH3 is 1. The first-order valence-electron chi connectivity index (χ1n) is 7.50. The van der Waals surface area contributed by atoms with E-state index in [1.54, 1.807) is 11.8 Å². The Morgan fingerprint density at radius 1 is 1.52 bits per heavy atom. The van der Waals surface area contributed by atoms with E-state index < -0.39 is 11.4 Å². The number of amides is 1. The average molecular weight is 322 g/mol. The maximum Gasteiger partial charge on any atom is 0.311 e. The summed E-state index contributed by atoms with van der Waals surface area (Å²) >= 11 is 0. The predicted octanol–water partition coefficient (Wildman–Crippen LogP) is 0.711. The molecule has 1 aromatic heterocycles. The number of hydrogen-bond donors (Lipinski definition) is 2. The van der Waals surface area contributed by atoms with Gasteiger partial charge in [0.15, 0.2) is 0 Å². The highest BCUT2D eigenvalue weighted by molar-refractivity contribution is 5.95. The molecule has 0 aromatic carbocycles. The van der Waals surface area contributed by atoms with Crippen LogP contribution in [0.15, 0.2) is 6.20 Å². The summed E-state index contributed by atoms with van der Waals surface area (Å²) in [6.45, 7) is 2.71. The Morgan fingerprint density at radius 3 is 2.87 bits per heavy atom. The van der Waals surface area contributed by atoms with Gasteiger partial charge in [-0.2, -0.15) is 0 Å². The van der Waals surface area contributed by atoms with Crippen molar-refractivity contribution in [1.29, 1.82) is 0 Å². The number of rotatable bonds is 5. The molecule has 1 aromatic rings. The van der Waals surface area contributed by atoms with Crippen molar-refractivity contribution in [2.75, 3.05) is 32.5 Å². The Kier molecular flexibility index (Phi) is 5.15. The van der Waals surface area contributed by atoms with Crippen LogP contribution < -0.4 is 5.73 Å². The highest BCUT2D eigenvalue weighted by atomic mass is 16.5. The van der Waals surface area contributed by atoms with Gasteiger partial charge in [0, 0.05) is 33.0 Å². The van der Waals surface area contributed by atoms with Gasteiger partial charge in [0.2, 0.25) is 5.95 Å². The third-order valence-electron chi connectivity index (χ3n) is 4.33. The Balaban J connectivity index is 2.22. The quantitative estimate of drug-likeness (QED) is 0.819. The number of anilines is 1. The molecular weight excluding hydrogens is 300 g/mol. The summed E-state index contributed by atoms with van der Waals surface area (Å²) in [5, 5.41) is 9.64. The van der Waals surface area contributed by atoms with Gasteiger partial charge in [-0.1, -0.05) is 0 Å². The van der Waals surface area contributed by atoms with Crippen LogP contribution in [0.3, 0.4) is 0 Å². The van der Waals surface area contributed by atoms with Gasteiger partial charge in [0.05, 0.1) is 16.7 Å². The predicted molar refractivity (Wildman–Crippen MR) is 82.9 cm³/mol. The van der Waals surface area contributed by atoms with Gasteiger partial charge in [-0.3, -0.25) is 9.59 Å². The molecule has 1 saturated heterocycles. The fourth-order valence-electron chi connectivity index (χ4n) is 2.95. The number of aryl methyl sites for hydroxylation is 1. The molecule has 0 radical (unpaired) electrons. The van der Waals surface area contributed by atoms with Crippen molar-refractivity contribution in [2.24, 2.45) is 5.41 Å². The number of aromatic nitrogens is 2. The number of aliphatic carboxylic acids is 1. The highest BCUT2D eigenvalue weighted by Gasteiger charge is 2.43. The number of nitrogens with zero attached hydrogens (tertiary/aromatic N) is 3. The van der Waals surface area contributed by atoms with Crippen LogP contribution in [0.5, 0.6) is 0 Å². The Morgan fingerprint density at radius 2 is 2.26 bits per heavy atom. The summed E-state index contributed by atoms with van der Waals surface area (Å²) in [7, 11) is 1.54. The van der Waals surface area contributed by atoms with E-state index in [0.29, 0.717) is 43.7 Å². The Hall–Kier alpha value is -2.22. The number of nitrogen functional groups attached to an aromatic ring is 1. The lowest BCUT2D eigenvalue weighted by Crippen LogP contribution is -2.50. The molecule has 1 aliphatic heterocycles. The van der Waals surface area contributed by atoms with Crippen molar-refractivity contribution in [3.05, 3.63) is 17.5 Å². The molecule has 1 aliphatic rings. The topological polar surface area (TPSA) is 119 Å². The van der Waals surface area contributed by atoms with Gasteiger partial charge in [-0.15, -0.1) is 0 Å². The number of hydrogen-bond acceptors (Lipinski definition) is 6. The van der Waals surface area contributed by atoms with Crippen molar-refractivity contribution in [1.82, 2.24) is 14.9 Å². The van der Waals surface area contributed by atoms with Crippen molar-refractivity contribution >= 4 is 17.8 Å². The molecule has 0 unspecified atom stereocenters. The van der Waals surface area contributed by atoms with E-state index >= 15 is 0 Å². The van der Waals surface area contributed by atoms with Gasteiger partial charge in [0.1, 0.15) is 0 Å². The molecule has 2 rings (SSSR count). The summed E-state index contributed by atoms with van der Waals surface area (Å²) in [6, 6.07) is 0. The molecular formula is C15H22N4O4. The maximum absolute atomic E-state index is 12.7. The van der Waals surface area contributed by atoms with Crippen LogP contribution in [0.25, 0.3) is 0 Å². The summed E-state index contributed by atoms with van der Waals surface area (Å²) < 4.78 is 5.03. The van der Waals surface area contributed by atoms with Gasteiger partial charge >= 0.3 is 5.97 Å². The minimum Gasteiger partial charge on any atom is -0.481 e. The second-order valence-corrected chi connectivity index (χ2v) is 5.89.